The van der Waals surface area contributed by atoms with E-state index < -0.39 is 10.0 Å². The molecule has 1 N–H and O–H groups in total. The lowest BCUT2D eigenvalue weighted by Gasteiger charge is -2.14. The Labute approximate surface area is 124 Å². The molecule has 0 saturated heterocycles. The van der Waals surface area contributed by atoms with E-state index in [0.29, 0.717) is 6.54 Å². The van der Waals surface area contributed by atoms with Crippen LogP contribution in [0.2, 0.25) is 0 Å². The highest BCUT2D eigenvalue weighted by Gasteiger charge is 2.10. The minimum absolute atomic E-state index is 0.139. The van der Waals surface area contributed by atoms with Gasteiger partial charge in [-0.15, -0.1) is 0 Å². The summed E-state index contributed by atoms with van der Waals surface area (Å²) in [5.74, 6) is -0.216. The molecule has 8 heteroatoms. The molecular formula is C13H21N3O4S. The number of rotatable bonds is 7. The lowest BCUT2D eigenvalue weighted by Crippen LogP contribution is -2.36. The van der Waals surface area contributed by atoms with Gasteiger partial charge < -0.3 is 9.88 Å². The molecule has 0 spiro atoms. The van der Waals surface area contributed by atoms with Gasteiger partial charge in [0.25, 0.3) is 5.56 Å². The van der Waals surface area contributed by atoms with Crippen LogP contribution in [0.4, 0.5) is 0 Å². The average Bonchev–Trinajstić information content (AvgIpc) is 2.36. The number of nitrogens with one attached hydrogen (secondary N) is 1. The van der Waals surface area contributed by atoms with Crippen molar-refractivity contribution in [2.45, 2.75) is 19.9 Å². The molecule has 0 fully saturated rings. The number of pyridine rings is 1. The van der Waals surface area contributed by atoms with Gasteiger partial charge in [-0.05, 0) is 13.0 Å². The maximum Gasteiger partial charge on any atom is 0.250 e. The van der Waals surface area contributed by atoms with E-state index in [1.165, 1.54) is 22.0 Å². The Morgan fingerprint density at radius 1 is 1.38 bits per heavy atom. The Morgan fingerprint density at radius 2 is 2.05 bits per heavy atom. The number of amides is 1. The van der Waals surface area contributed by atoms with Crippen molar-refractivity contribution < 1.29 is 13.2 Å². The second-order valence-corrected chi connectivity index (χ2v) is 6.93. The number of carbonyl (C=O) groups is 1. The van der Waals surface area contributed by atoms with E-state index in [9.17, 15) is 18.0 Å². The molecule has 7 nitrogen and oxygen atoms in total. The van der Waals surface area contributed by atoms with Crippen LogP contribution in [0.25, 0.3) is 0 Å². The fourth-order valence-corrected chi connectivity index (χ4v) is 2.15. The summed E-state index contributed by atoms with van der Waals surface area (Å²) in [6.45, 7) is 2.57. The van der Waals surface area contributed by atoms with E-state index in [1.54, 1.807) is 19.1 Å². The minimum Gasteiger partial charge on any atom is -0.355 e. The van der Waals surface area contributed by atoms with Gasteiger partial charge in [-0.2, -0.15) is 0 Å². The Morgan fingerprint density at radius 3 is 2.62 bits per heavy atom. The molecule has 0 aliphatic carbocycles. The highest BCUT2D eigenvalue weighted by molar-refractivity contribution is 7.88. The molecule has 0 saturated carbocycles. The first kappa shape index (κ1) is 17.4. The first-order valence-corrected chi connectivity index (χ1v) is 8.41. The molecule has 0 bridgehead atoms. The highest BCUT2D eigenvalue weighted by atomic mass is 32.2. The second kappa shape index (κ2) is 7.37. The van der Waals surface area contributed by atoms with E-state index in [-0.39, 0.29) is 31.0 Å². The molecule has 0 unspecified atom stereocenters. The molecule has 0 aliphatic rings. The molecule has 1 rings (SSSR count). The first-order chi connectivity index (χ1) is 9.71. The third-order valence-corrected chi connectivity index (χ3v) is 4.46. The maximum atomic E-state index is 11.7. The average molecular weight is 315 g/mol. The Bertz CT molecular complexity index is 652. The number of sulfonamides is 1. The molecule has 0 radical (unpaired) electrons. The Kier molecular flexibility index (Phi) is 6.10. The van der Waals surface area contributed by atoms with Gasteiger partial charge in [0.1, 0.15) is 0 Å². The molecule has 1 amide bonds. The summed E-state index contributed by atoms with van der Waals surface area (Å²) < 4.78 is 25.0. The van der Waals surface area contributed by atoms with Gasteiger partial charge >= 0.3 is 0 Å². The normalized spacial score (nSPS) is 11.6. The smallest absolute Gasteiger partial charge is 0.250 e. The van der Waals surface area contributed by atoms with Crippen molar-refractivity contribution >= 4 is 15.9 Å². The van der Waals surface area contributed by atoms with Crippen molar-refractivity contribution in [2.24, 2.45) is 0 Å². The molecule has 118 valence electrons. The van der Waals surface area contributed by atoms with Gasteiger partial charge in [-0.3, -0.25) is 9.59 Å². The maximum absolute atomic E-state index is 11.7. The van der Waals surface area contributed by atoms with E-state index >= 15 is 0 Å². The van der Waals surface area contributed by atoms with Crippen molar-refractivity contribution in [2.75, 3.05) is 26.4 Å². The van der Waals surface area contributed by atoms with Gasteiger partial charge in [0.15, 0.2) is 0 Å². The van der Waals surface area contributed by atoms with Crippen LogP contribution < -0.4 is 10.9 Å². The standard InChI is InChI=1S/C13H21N3O4S/c1-11-5-4-6-13(18)16(11)9-7-12(17)14-8-10-15(2)21(3,19)20/h4-6H,7-10H2,1-3H3,(H,14,17). The van der Waals surface area contributed by atoms with Crippen molar-refractivity contribution in [3.8, 4) is 0 Å². The summed E-state index contributed by atoms with van der Waals surface area (Å²) in [6, 6.07) is 4.93. The van der Waals surface area contributed by atoms with Crippen molar-refractivity contribution in [3.05, 3.63) is 34.2 Å². The molecule has 1 aromatic rings. The summed E-state index contributed by atoms with van der Waals surface area (Å²) in [4.78, 5) is 23.3. The van der Waals surface area contributed by atoms with E-state index in [2.05, 4.69) is 5.32 Å². The van der Waals surface area contributed by atoms with Crippen molar-refractivity contribution in [3.63, 3.8) is 0 Å². The summed E-state index contributed by atoms with van der Waals surface area (Å²) in [7, 11) is -1.78. The lowest BCUT2D eigenvalue weighted by atomic mass is 10.3. The van der Waals surface area contributed by atoms with E-state index in [4.69, 9.17) is 0 Å². The van der Waals surface area contributed by atoms with Gasteiger partial charge in [-0.25, -0.2) is 12.7 Å². The Hall–Kier alpha value is -1.67. The fourth-order valence-electron chi connectivity index (χ4n) is 1.73. The molecule has 0 aliphatic heterocycles. The number of hydrogen-bond acceptors (Lipinski definition) is 4. The predicted molar refractivity (Wildman–Crippen MR) is 80.5 cm³/mol. The van der Waals surface area contributed by atoms with Gasteiger partial charge in [0.05, 0.1) is 6.26 Å². The zero-order chi connectivity index (χ0) is 16.0. The quantitative estimate of drug-likeness (QED) is 0.738. The van der Waals surface area contributed by atoms with E-state index in [0.717, 1.165) is 11.9 Å². The number of likely N-dealkylation sites (N-methyl/N-ethyl adjacent to an activating group) is 1. The molecule has 1 heterocycles. The molecule has 1 aromatic heterocycles. The fraction of sp³-hybridized carbons (Fsp3) is 0.538. The Balaban J connectivity index is 2.40. The third-order valence-electron chi connectivity index (χ3n) is 3.15. The largest absolute Gasteiger partial charge is 0.355 e. The summed E-state index contributed by atoms with van der Waals surface area (Å²) >= 11 is 0. The van der Waals surface area contributed by atoms with Crippen molar-refractivity contribution in [1.29, 1.82) is 0 Å². The summed E-state index contributed by atoms with van der Waals surface area (Å²) in [5, 5.41) is 2.63. The zero-order valence-electron chi connectivity index (χ0n) is 12.5. The van der Waals surface area contributed by atoms with Crippen LogP contribution in [-0.4, -0.2) is 49.6 Å². The number of carbonyl (C=O) groups excluding carboxylic acids is 1. The minimum atomic E-state index is -3.23. The SMILES string of the molecule is Cc1cccc(=O)n1CCC(=O)NCCN(C)S(C)(=O)=O. The molecule has 21 heavy (non-hydrogen) atoms. The van der Waals surface area contributed by atoms with Gasteiger partial charge in [0.2, 0.25) is 15.9 Å². The van der Waals surface area contributed by atoms with Crippen LogP contribution in [0.5, 0.6) is 0 Å². The van der Waals surface area contributed by atoms with E-state index in [1.807, 2.05) is 0 Å². The van der Waals surface area contributed by atoms with Crippen LogP contribution in [0, 0.1) is 6.92 Å². The van der Waals surface area contributed by atoms with Gasteiger partial charge in [-0.1, -0.05) is 6.07 Å². The number of hydrogen-bond donors (Lipinski definition) is 1. The van der Waals surface area contributed by atoms with Crippen molar-refractivity contribution in [1.82, 2.24) is 14.2 Å². The van der Waals surface area contributed by atoms with Crippen LogP contribution in [0.1, 0.15) is 12.1 Å². The summed E-state index contributed by atoms with van der Waals surface area (Å²) in [6.07, 6.45) is 1.28. The molecule has 0 aromatic carbocycles. The highest BCUT2D eigenvalue weighted by Crippen LogP contribution is 1.96. The lowest BCUT2D eigenvalue weighted by molar-refractivity contribution is -0.121. The topological polar surface area (TPSA) is 88.5 Å². The van der Waals surface area contributed by atoms with Crippen LogP contribution in [0.3, 0.4) is 0 Å². The van der Waals surface area contributed by atoms with Crippen LogP contribution in [-0.2, 0) is 21.4 Å². The van der Waals surface area contributed by atoms with Gasteiger partial charge in [0, 0.05) is 44.9 Å². The zero-order valence-corrected chi connectivity index (χ0v) is 13.3. The molecular weight excluding hydrogens is 294 g/mol. The second-order valence-electron chi connectivity index (χ2n) is 4.84. The monoisotopic (exact) mass is 315 g/mol. The van der Waals surface area contributed by atoms with Crippen LogP contribution in [0.15, 0.2) is 23.0 Å². The number of nitrogens with zero attached hydrogens (tertiary/aromatic N) is 2. The number of aromatic nitrogens is 1. The first-order valence-electron chi connectivity index (χ1n) is 6.56. The third kappa shape index (κ3) is 5.68. The molecule has 0 atom stereocenters. The predicted octanol–water partition coefficient (Wildman–Crippen LogP) is -0.446. The van der Waals surface area contributed by atoms with Crippen LogP contribution >= 0.6 is 0 Å². The number of aryl methyl sites for hydroxylation is 1. The summed E-state index contributed by atoms with van der Waals surface area (Å²) in [5.41, 5.74) is 0.659.